The van der Waals surface area contributed by atoms with Crippen molar-refractivity contribution in [1.29, 1.82) is 0 Å². The predicted molar refractivity (Wildman–Crippen MR) is 140 cm³/mol. The lowest BCUT2D eigenvalue weighted by Crippen LogP contribution is -2.29. The van der Waals surface area contributed by atoms with Crippen LogP contribution < -0.4 is 14.8 Å². The van der Waals surface area contributed by atoms with Gasteiger partial charge in [0.15, 0.2) is 0 Å². The third-order valence-electron chi connectivity index (χ3n) is 6.11. The lowest BCUT2D eigenvalue weighted by Gasteiger charge is -2.12. The quantitative estimate of drug-likeness (QED) is 0.343. The van der Waals surface area contributed by atoms with Crippen LogP contribution in [0.15, 0.2) is 55.0 Å². The van der Waals surface area contributed by atoms with Gasteiger partial charge in [0.25, 0.3) is 0 Å². The van der Waals surface area contributed by atoms with Gasteiger partial charge in [-0.05, 0) is 48.4 Å². The van der Waals surface area contributed by atoms with E-state index in [1.54, 1.807) is 37.0 Å². The van der Waals surface area contributed by atoms with E-state index in [9.17, 15) is 4.79 Å². The highest BCUT2D eigenvalue weighted by Crippen LogP contribution is 2.41. The molecule has 1 N–H and O–H groups in total. The molecule has 5 aromatic rings. The number of methoxy groups -OCH3 is 1. The highest BCUT2D eigenvalue weighted by molar-refractivity contribution is 7.22. The standard InChI is InChI=1S/C27H23N5O4S/c1-15-8-19(24-21(9-15)31-23(34-2)13-29-24)26-32-20-5-6-22-18(25(20)37-26)10-17(36-22)14-35-27(33)30-12-16-4-3-7-28-11-16/h3-9,11,13,17H,10,12,14H2,1-2H3,(H,30,33)/t17-/m0/s1. The van der Waals surface area contributed by atoms with Gasteiger partial charge < -0.3 is 19.5 Å². The molecule has 6 rings (SSSR count). The zero-order valence-electron chi connectivity index (χ0n) is 20.2. The van der Waals surface area contributed by atoms with Crippen LogP contribution in [0.4, 0.5) is 4.79 Å². The van der Waals surface area contributed by atoms with Crippen molar-refractivity contribution in [2.24, 2.45) is 0 Å². The number of rotatable bonds is 6. The molecule has 1 amide bonds. The van der Waals surface area contributed by atoms with E-state index in [2.05, 4.69) is 26.3 Å². The number of aryl methyl sites for hydroxylation is 1. The zero-order valence-corrected chi connectivity index (χ0v) is 21.0. The number of ether oxygens (including phenoxy) is 3. The van der Waals surface area contributed by atoms with Gasteiger partial charge >= 0.3 is 6.09 Å². The van der Waals surface area contributed by atoms with E-state index in [1.165, 1.54) is 0 Å². The smallest absolute Gasteiger partial charge is 0.407 e. The van der Waals surface area contributed by atoms with Gasteiger partial charge in [-0.15, -0.1) is 11.3 Å². The number of nitrogens with one attached hydrogen (secondary N) is 1. The Hall–Kier alpha value is -4.31. The van der Waals surface area contributed by atoms with Gasteiger partial charge in [0.2, 0.25) is 5.88 Å². The first-order valence-corrected chi connectivity index (χ1v) is 12.6. The zero-order chi connectivity index (χ0) is 25.4. The highest BCUT2D eigenvalue weighted by Gasteiger charge is 2.28. The molecule has 0 radical (unpaired) electrons. The van der Waals surface area contributed by atoms with Gasteiger partial charge in [-0.1, -0.05) is 6.07 Å². The molecule has 37 heavy (non-hydrogen) atoms. The molecule has 4 heterocycles. The topological polar surface area (TPSA) is 108 Å². The molecular formula is C27H23N5O4S. The minimum Gasteiger partial charge on any atom is -0.486 e. The molecule has 0 saturated heterocycles. The fourth-order valence-corrected chi connectivity index (χ4v) is 5.52. The summed E-state index contributed by atoms with van der Waals surface area (Å²) in [5.41, 5.74) is 6.42. The normalized spacial score (nSPS) is 14.4. The van der Waals surface area contributed by atoms with E-state index >= 15 is 0 Å². The molecule has 0 unspecified atom stereocenters. The molecule has 9 nitrogen and oxygen atoms in total. The number of thiazole rings is 1. The van der Waals surface area contributed by atoms with Crippen LogP contribution in [0, 0.1) is 6.92 Å². The van der Waals surface area contributed by atoms with Gasteiger partial charge in [0, 0.05) is 36.5 Å². The maximum absolute atomic E-state index is 12.2. The summed E-state index contributed by atoms with van der Waals surface area (Å²) in [7, 11) is 1.58. The fraction of sp³-hybridized carbons (Fsp3) is 0.222. The van der Waals surface area contributed by atoms with Crippen molar-refractivity contribution in [2.75, 3.05) is 13.7 Å². The van der Waals surface area contributed by atoms with Crippen molar-refractivity contribution in [3.63, 3.8) is 0 Å². The molecule has 0 saturated carbocycles. The van der Waals surface area contributed by atoms with Crippen LogP contribution in [0.5, 0.6) is 11.6 Å². The summed E-state index contributed by atoms with van der Waals surface area (Å²) in [5.74, 6) is 1.27. The third kappa shape index (κ3) is 4.63. The van der Waals surface area contributed by atoms with Gasteiger partial charge in [-0.25, -0.2) is 19.7 Å². The second-order valence-corrected chi connectivity index (χ2v) is 9.76. The molecule has 1 atom stereocenters. The second-order valence-electron chi connectivity index (χ2n) is 8.76. The van der Waals surface area contributed by atoms with E-state index in [0.717, 1.165) is 54.3 Å². The van der Waals surface area contributed by atoms with Crippen molar-refractivity contribution >= 4 is 38.7 Å². The molecular weight excluding hydrogens is 490 g/mol. The van der Waals surface area contributed by atoms with E-state index in [4.69, 9.17) is 19.2 Å². The molecule has 0 aliphatic carbocycles. The molecule has 186 valence electrons. The first-order valence-electron chi connectivity index (χ1n) is 11.8. The summed E-state index contributed by atoms with van der Waals surface area (Å²) < 4.78 is 17.8. The Labute approximate surface area is 216 Å². The largest absolute Gasteiger partial charge is 0.486 e. The van der Waals surface area contributed by atoms with Crippen LogP contribution in [-0.4, -0.2) is 45.8 Å². The molecule has 0 spiro atoms. The van der Waals surface area contributed by atoms with Gasteiger partial charge in [0.1, 0.15) is 23.5 Å². The molecule has 0 bridgehead atoms. The minimum absolute atomic E-state index is 0.153. The Morgan fingerprint density at radius 1 is 1.19 bits per heavy atom. The lowest BCUT2D eigenvalue weighted by molar-refractivity contribution is 0.0922. The van der Waals surface area contributed by atoms with Gasteiger partial charge in [-0.3, -0.25) is 4.98 Å². The van der Waals surface area contributed by atoms with Crippen molar-refractivity contribution < 1.29 is 19.0 Å². The summed E-state index contributed by atoms with van der Waals surface area (Å²) in [6, 6.07) is 11.7. The summed E-state index contributed by atoms with van der Waals surface area (Å²) in [6.45, 7) is 2.54. The molecule has 1 aliphatic rings. The lowest BCUT2D eigenvalue weighted by atomic mass is 10.1. The number of benzene rings is 2. The average Bonchev–Trinajstić information content (AvgIpc) is 3.54. The molecule has 1 aliphatic heterocycles. The maximum atomic E-state index is 12.2. The number of pyridine rings is 1. The van der Waals surface area contributed by atoms with E-state index in [-0.39, 0.29) is 12.7 Å². The van der Waals surface area contributed by atoms with E-state index in [0.29, 0.717) is 18.8 Å². The Bertz CT molecular complexity index is 1620. The number of hydrogen-bond acceptors (Lipinski definition) is 9. The van der Waals surface area contributed by atoms with E-state index in [1.807, 2.05) is 37.3 Å². The number of fused-ring (bicyclic) bond motifs is 4. The van der Waals surface area contributed by atoms with Crippen LogP contribution in [0.25, 0.3) is 31.8 Å². The van der Waals surface area contributed by atoms with Crippen LogP contribution in [-0.2, 0) is 17.7 Å². The number of nitrogens with zero attached hydrogens (tertiary/aromatic N) is 4. The van der Waals surface area contributed by atoms with Crippen LogP contribution in [0.2, 0.25) is 0 Å². The van der Waals surface area contributed by atoms with Crippen LogP contribution in [0.3, 0.4) is 0 Å². The van der Waals surface area contributed by atoms with Gasteiger partial charge in [0.05, 0.1) is 34.6 Å². The predicted octanol–water partition coefficient (Wildman–Crippen LogP) is 4.85. The van der Waals surface area contributed by atoms with Crippen LogP contribution in [0.1, 0.15) is 16.7 Å². The Kier molecular flexibility index (Phi) is 6.01. The molecule has 2 aromatic carbocycles. The van der Waals surface area contributed by atoms with Crippen LogP contribution >= 0.6 is 11.3 Å². The second kappa shape index (κ2) is 9.62. The Morgan fingerprint density at radius 3 is 2.95 bits per heavy atom. The summed E-state index contributed by atoms with van der Waals surface area (Å²) in [4.78, 5) is 30.3. The summed E-state index contributed by atoms with van der Waals surface area (Å²) >= 11 is 1.61. The maximum Gasteiger partial charge on any atom is 0.407 e. The highest BCUT2D eigenvalue weighted by atomic mass is 32.1. The van der Waals surface area contributed by atoms with Gasteiger partial charge in [-0.2, -0.15) is 0 Å². The number of carbonyl (C=O) groups excluding carboxylic acids is 1. The molecule has 3 aromatic heterocycles. The number of amides is 1. The Morgan fingerprint density at radius 2 is 2.11 bits per heavy atom. The molecule has 10 heteroatoms. The summed E-state index contributed by atoms with van der Waals surface area (Å²) in [5, 5.41) is 3.60. The first-order chi connectivity index (χ1) is 18.1. The number of carbonyl (C=O) groups is 1. The third-order valence-corrected chi connectivity index (χ3v) is 7.28. The SMILES string of the molecule is COc1cnc2c(-c3nc4ccc5c(c4s3)C[C@@H](COC(=O)NCc3cccnc3)O5)cc(C)cc2n1. The average molecular weight is 514 g/mol. The number of alkyl carbamates (subject to hydrolysis) is 1. The molecule has 0 fully saturated rings. The first kappa shape index (κ1) is 23.1. The van der Waals surface area contributed by atoms with Crippen molar-refractivity contribution in [1.82, 2.24) is 25.3 Å². The van der Waals surface area contributed by atoms with E-state index < -0.39 is 6.09 Å². The van der Waals surface area contributed by atoms with Crippen molar-refractivity contribution in [2.45, 2.75) is 26.0 Å². The number of hydrogen-bond donors (Lipinski definition) is 1. The van der Waals surface area contributed by atoms with Crippen molar-refractivity contribution in [3.05, 3.63) is 71.7 Å². The summed E-state index contributed by atoms with van der Waals surface area (Å²) in [6.07, 6.45) is 4.90. The monoisotopic (exact) mass is 513 g/mol. The minimum atomic E-state index is -0.488. The Balaban J connectivity index is 1.20. The van der Waals surface area contributed by atoms with Crippen molar-refractivity contribution in [3.8, 4) is 22.2 Å². The fourth-order valence-electron chi connectivity index (χ4n) is 4.39. The number of aromatic nitrogens is 4.